The van der Waals surface area contributed by atoms with Crippen LogP contribution in [0.1, 0.15) is 39.0 Å². The summed E-state index contributed by atoms with van der Waals surface area (Å²) in [4.78, 5) is 6.96. The normalized spacial score (nSPS) is 29.0. The molecule has 2 aliphatic heterocycles. The molecule has 0 bridgehead atoms. The molecular weight excluding hydrogens is 240 g/mol. The van der Waals surface area contributed by atoms with Crippen LogP contribution in [0.3, 0.4) is 0 Å². The molecule has 2 fully saturated rings. The van der Waals surface area contributed by atoms with Gasteiger partial charge in [0.25, 0.3) is 0 Å². The van der Waals surface area contributed by atoms with Crippen LogP contribution >= 0.6 is 0 Å². The van der Waals surface area contributed by atoms with Crippen LogP contribution in [0.25, 0.3) is 0 Å². The van der Waals surface area contributed by atoms with E-state index in [0.29, 0.717) is 18.1 Å². The molecule has 0 saturated carbocycles. The minimum Gasteiger partial charge on any atom is -0.378 e. The molecule has 2 aliphatic rings. The van der Waals surface area contributed by atoms with E-state index in [4.69, 9.17) is 10.5 Å². The van der Waals surface area contributed by atoms with Crippen molar-refractivity contribution in [2.45, 2.75) is 51.2 Å². The summed E-state index contributed by atoms with van der Waals surface area (Å²) in [6.07, 6.45) is 6.38. The average Bonchev–Trinajstić information content (AvgIpc) is 3.07. The summed E-state index contributed by atoms with van der Waals surface area (Å²) in [5.41, 5.74) is 5.90. The molecule has 0 spiro atoms. The van der Waals surface area contributed by atoms with Gasteiger partial charge in [0.2, 0.25) is 0 Å². The number of likely N-dealkylation sites (tertiary alicyclic amines) is 1. The fraction of sp³-hybridized carbons (Fsp3) is 0.929. The standard InChI is InChI=1S/C14H28N4O/c1-2-18-9-3-5-12(18)11-17-14(15)16-8-7-13-6-4-10-19-13/h12-13H,2-11H2,1H3,(H3,15,16,17). The lowest BCUT2D eigenvalue weighted by molar-refractivity contribution is 0.105. The first-order valence-electron chi connectivity index (χ1n) is 7.69. The van der Waals surface area contributed by atoms with Gasteiger partial charge < -0.3 is 15.8 Å². The number of aliphatic imine (C=N–C) groups is 1. The SMILES string of the molecule is CCN1CCCC1CN=C(N)NCCC1CCCO1. The van der Waals surface area contributed by atoms with Crippen LogP contribution in [0, 0.1) is 0 Å². The maximum absolute atomic E-state index is 5.90. The molecule has 110 valence electrons. The summed E-state index contributed by atoms with van der Waals surface area (Å²) >= 11 is 0. The Morgan fingerprint density at radius 2 is 2.32 bits per heavy atom. The van der Waals surface area contributed by atoms with Gasteiger partial charge in [-0.25, -0.2) is 0 Å². The van der Waals surface area contributed by atoms with Crippen molar-refractivity contribution in [3.63, 3.8) is 0 Å². The molecule has 0 amide bonds. The monoisotopic (exact) mass is 268 g/mol. The van der Waals surface area contributed by atoms with Gasteiger partial charge >= 0.3 is 0 Å². The van der Waals surface area contributed by atoms with Crippen molar-refractivity contribution in [3.05, 3.63) is 0 Å². The molecule has 0 radical (unpaired) electrons. The topological polar surface area (TPSA) is 62.9 Å². The number of hydrogen-bond acceptors (Lipinski definition) is 3. The zero-order valence-electron chi connectivity index (χ0n) is 12.1. The Morgan fingerprint density at radius 1 is 1.42 bits per heavy atom. The van der Waals surface area contributed by atoms with Crippen LogP contribution in [-0.4, -0.2) is 55.8 Å². The van der Waals surface area contributed by atoms with Gasteiger partial charge in [0.05, 0.1) is 12.6 Å². The third-order valence-corrected chi connectivity index (χ3v) is 4.17. The zero-order valence-corrected chi connectivity index (χ0v) is 12.1. The van der Waals surface area contributed by atoms with Crippen molar-refractivity contribution in [2.24, 2.45) is 10.7 Å². The second-order valence-electron chi connectivity index (χ2n) is 5.50. The van der Waals surface area contributed by atoms with E-state index in [1.54, 1.807) is 0 Å². The maximum atomic E-state index is 5.90. The summed E-state index contributed by atoms with van der Waals surface area (Å²) in [7, 11) is 0. The van der Waals surface area contributed by atoms with Gasteiger partial charge in [-0.1, -0.05) is 6.92 Å². The van der Waals surface area contributed by atoms with Gasteiger partial charge in [-0.3, -0.25) is 9.89 Å². The number of nitrogens with zero attached hydrogens (tertiary/aromatic N) is 2. The Kier molecular flexibility index (Phi) is 5.92. The number of hydrogen-bond donors (Lipinski definition) is 2. The van der Waals surface area contributed by atoms with Gasteiger partial charge in [0, 0.05) is 19.2 Å². The molecule has 3 N–H and O–H groups in total. The van der Waals surface area contributed by atoms with Crippen molar-refractivity contribution >= 4 is 5.96 Å². The number of ether oxygens (including phenoxy) is 1. The lowest BCUT2D eigenvalue weighted by Crippen LogP contribution is -2.36. The molecule has 0 aromatic rings. The Bertz CT molecular complexity index is 289. The van der Waals surface area contributed by atoms with Gasteiger partial charge in [0.15, 0.2) is 5.96 Å². The molecule has 2 unspecified atom stereocenters. The molecule has 5 nitrogen and oxygen atoms in total. The van der Waals surface area contributed by atoms with Crippen LogP contribution in [0.2, 0.25) is 0 Å². The van der Waals surface area contributed by atoms with E-state index in [2.05, 4.69) is 22.1 Å². The predicted molar refractivity (Wildman–Crippen MR) is 78.4 cm³/mol. The van der Waals surface area contributed by atoms with E-state index < -0.39 is 0 Å². The molecule has 0 aromatic carbocycles. The fourth-order valence-electron chi connectivity index (χ4n) is 3.01. The third-order valence-electron chi connectivity index (χ3n) is 4.17. The molecule has 0 aromatic heterocycles. The molecular formula is C14H28N4O. The van der Waals surface area contributed by atoms with Gasteiger partial charge in [-0.2, -0.15) is 0 Å². The van der Waals surface area contributed by atoms with E-state index in [-0.39, 0.29) is 0 Å². The smallest absolute Gasteiger partial charge is 0.188 e. The number of nitrogens with two attached hydrogens (primary N) is 1. The lowest BCUT2D eigenvalue weighted by atomic mass is 10.2. The minimum absolute atomic E-state index is 0.422. The summed E-state index contributed by atoms with van der Waals surface area (Å²) in [6, 6.07) is 0.587. The highest BCUT2D eigenvalue weighted by atomic mass is 16.5. The average molecular weight is 268 g/mol. The van der Waals surface area contributed by atoms with Crippen molar-refractivity contribution in [1.29, 1.82) is 0 Å². The number of likely N-dealkylation sites (N-methyl/N-ethyl adjacent to an activating group) is 1. The third kappa shape index (κ3) is 4.66. The van der Waals surface area contributed by atoms with Crippen LogP contribution in [-0.2, 0) is 4.74 Å². The predicted octanol–water partition coefficient (Wildman–Crippen LogP) is 0.944. The largest absolute Gasteiger partial charge is 0.378 e. The Labute approximate surface area is 116 Å². The molecule has 0 aliphatic carbocycles. The Hall–Kier alpha value is -0.810. The first-order valence-corrected chi connectivity index (χ1v) is 7.69. The lowest BCUT2D eigenvalue weighted by Gasteiger charge is -2.21. The minimum atomic E-state index is 0.422. The van der Waals surface area contributed by atoms with Crippen molar-refractivity contribution in [3.8, 4) is 0 Å². The number of guanidine groups is 1. The van der Waals surface area contributed by atoms with E-state index >= 15 is 0 Å². The highest BCUT2D eigenvalue weighted by Gasteiger charge is 2.22. The zero-order chi connectivity index (χ0) is 13.5. The van der Waals surface area contributed by atoms with Crippen LogP contribution in [0.15, 0.2) is 4.99 Å². The van der Waals surface area contributed by atoms with Gasteiger partial charge in [-0.05, 0) is 45.2 Å². The van der Waals surface area contributed by atoms with Gasteiger partial charge in [0.1, 0.15) is 0 Å². The summed E-state index contributed by atoms with van der Waals surface area (Å²) in [5, 5.41) is 3.20. The second-order valence-corrected chi connectivity index (χ2v) is 5.50. The number of nitrogens with one attached hydrogen (secondary N) is 1. The first-order chi connectivity index (χ1) is 9.29. The van der Waals surface area contributed by atoms with Crippen molar-refractivity contribution in [2.75, 3.05) is 32.8 Å². The van der Waals surface area contributed by atoms with E-state index in [1.165, 1.54) is 32.2 Å². The van der Waals surface area contributed by atoms with E-state index in [9.17, 15) is 0 Å². The molecule has 2 saturated heterocycles. The second kappa shape index (κ2) is 7.70. The van der Waals surface area contributed by atoms with Crippen molar-refractivity contribution in [1.82, 2.24) is 10.2 Å². The molecule has 5 heteroatoms. The Balaban J connectivity index is 1.61. The first kappa shape index (κ1) is 14.6. The highest BCUT2D eigenvalue weighted by molar-refractivity contribution is 5.77. The Morgan fingerprint density at radius 3 is 3.05 bits per heavy atom. The summed E-state index contributed by atoms with van der Waals surface area (Å²) in [6.45, 7) is 7.15. The summed E-state index contributed by atoms with van der Waals surface area (Å²) < 4.78 is 5.58. The van der Waals surface area contributed by atoms with Crippen molar-refractivity contribution < 1.29 is 4.74 Å². The molecule has 2 heterocycles. The van der Waals surface area contributed by atoms with Gasteiger partial charge in [-0.15, -0.1) is 0 Å². The maximum Gasteiger partial charge on any atom is 0.188 e. The quantitative estimate of drug-likeness (QED) is 0.556. The fourth-order valence-corrected chi connectivity index (χ4v) is 3.01. The van der Waals surface area contributed by atoms with Crippen LogP contribution in [0.4, 0.5) is 0 Å². The molecule has 2 atom stereocenters. The van der Waals surface area contributed by atoms with Crippen LogP contribution < -0.4 is 11.1 Å². The van der Waals surface area contributed by atoms with Crippen LogP contribution in [0.5, 0.6) is 0 Å². The number of rotatable bonds is 6. The molecule has 2 rings (SSSR count). The summed E-state index contributed by atoms with van der Waals surface area (Å²) in [5.74, 6) is 0.584. The molecule has 19 heavy (non-hydrogen) atoms. The van der Waals surface area contributed by atoms with E-state index in [0.717, 1.165) is 32.7 Å². The highest BCUT2D eigenvalue weighted by Crippen LogP contribution is 2.16. The van der Waals surface area contributed by atoms with E-state index in [1.807, 2.05) is 0 Å².